The van der Waals surface area contributed by atoms with Gasteiger partial charge >= 0.3 is 6.03 Å². The van der Waals surface area contributed by atoms with Crippen molar-refractivity contribution in [1.82, 2.24) is 29.5 Å². The van der Waals surface area contributed by atoms with E-state index in [1.54, 1.807) is 13.3 Å². The first-order chi connectivity index (χ1) is 16.5. The van der Waals surface area contributed by atoms with Crippen molar-refractivity contribution in [3.8, 4) is 23.2 Å². The lowest BCUT2D eigenvalue weighted by Crippen LogP contribution is -2.52. The Labute approximate surface area is 200 Å². The number of rotatable bonds is 7. The molecule has 2 aromatic heterocycles. The number of fused-ring (bicyclic) bond motifs is 1. The van der Waals surface area contributed by atoms with Crippen LogP contribution < -0.4 is 10.1 Å². The van der Waals surface area contributed by atoms with Gasteiger partial charge in [-0.25, -0.2) is 14.8 Å². The minimum absolute atomic E-state index is 0.0563. The molecule has 2 amide bonds. The molecule has 1 N–H and O–H groups in total. The largest absolute Gasteiger partial charge is 0.478 e. The molecule has 0 aliphatic carbocycles. The number of piperidine rings is 1. The van der Waals surface area contributed by atoms with Gasteiger partial charge in [0.05, 0.1) is 31.5 Å². The van der Waals surface area contributed by atoms with E-state index >= 15 is 0 Å². The third-order valence-corrected chi connectivity index (χ3v) is 6.40. The lowest BCUT2D eigenvalue weighted by Gasteiger charge is -2.35. The highest BCUT2D eigenvalue weighted by atomic mass is 16.5. The average molecular weight is 462 g/mol. The third-order valence-electron chi connectivity index (χ3n) is 6.40. The van der Waals surface area contributed by atoms with Gasteiger partial charge in [-0.15, -0.1) is 0 Å². The maximum absolute atomic E-state index is 13.2. The fourth-order valence-corrected chi connectivity index (χ4v) is 4.58. The molecule has 4 rings (SSSR count). The molecule has 1 unspecified atom stereocenters. The molecule has 0 saturated carbocycles. The van der Waals surface area contributed by atoms with Crippen LogP contribution >= 0.6 is 0 Å². The molecule has 1 aliphatic heterocycles. The minimum atomic E-state index is -0.123. The molecule has 0 bridgehead atoms. The van der Waals surface area contributed by atoms with E-state index in [2.05, 4.69) is 32.3 Å². The quantitative estimate of drug-likeness (QED) is 0.541. The van der Waals surface area contributed by atoms with Crippen LogP contribution in [0.5, 0.6) is 5.88 Å². The summed E-state index contributed by atoms with van der Waals surface area (Å²) in [6, 6.07) is 10.2. The zero-order valence-corrected chi connectivity index (χ0v) is 19.9. The number of aromatic nitrogens is 3. The van der Waals surface area contributed by atoms with Gasteiger partial charge in [0, 0.05) is 43.3 Å². The second-order valence-electron chi connectivity index (χ2n) is 8.56. The zero-order valence-electron chi connectivity index (χ0n) is 19.9. The summed E-state index contributed by atoms with van der Waals surface area (Å²) in [5, 5.41) is 12.2. The molecule has 3 aromatic rings. The Morgan fingerprint density at radius 2 is 2.29 bits per heavy atom. The van der Waals surface area contributed by atoms with Crippen LogP contribution in [0.1, 0.15) is 38.3 Å². The summed E-state index contributed by atoms with van der Waals surface area (Å²) < 4.78 is 7.32. The Morgan fingerprint density at radius 3 is 3.06 bits per heavy atom. The smallest absolute Gasteiger partial charge is 0.318 e. The van der Waals surface area contributed by atoms with E-state index in [-0.39, 0.29) is 18.1 Å². The number of nitrogens with one attached hydrogen (secondary N) is 1. The molecule has 0 radical (unpaired) electrons. The molecule has 3 heterocycles. The molecule has 34 heavy (non-hydrogen) atoms. The number of likely N-dealkylation sites (tertiary alicyclic amines) is 1. The molecule has 1 aliphatic rings. The number of hydrogen-bond acceptors (Lipinski definition) is 6. The van der Waals surface area contributed by atoms with Crippen LogP contribution in [0.25, 0.3) is 16.9 Å². The van der Waals surface area contributed by atoms with Gasteiger partial charge < -0.3 is 19.4 Å². The Morgan fingerprint density at radius 1 is 1.44 bits per heavy atom. The van der Waals surface area contributed by atoms with Crippen LogP contribution in [0.2, 0.25) is 0 Å². The summed E-state index contributed by atoms with van der Waals surface area (Å²) in [5.41, 5.74) is 3.40. The molecule has 1 saturated heterocycles. The van der Waals surface area contributed by atoms with Gasteiger partial charge in [-0.2, -0.15) is 5.26 Å². The van der Waals surface area contributed by atoms with Gasteiger partial charge in [0.15, 0.2) is 5.65 Å². The van der Waals surface area contributed by atoms with E-state index in [4.69, 9.17) is 10.00 Å². The number of amides is 2. The van der Waals surface area contributed by atoms with Crippen molar-refractivity contribution in [3.63, 3.8) is 0 Å². The molecule has 2 atom stereocenters. The van der Waals surface area contributed by atoms with Gasteiger partial charge in [-0.3, -0.25) is 4.90 Å². The highest BCUT2D eigenvalue weighted by Crippen LogP contribution is 2.28. The summed E-state index contributed by atoms with van der Waals surface area (Å²) in [6.07, 6.45) is 7.41. The maximum Gasteiger partial charge on any atom is 0.318 e. The molecule has 1 aromatic carbocycles. The monoisotopic (exact) mass is 461 g/mol. The van der Waals surface area contributed by atoms with Crippen molar-refractivity contribution in [2.75, 3.05) is 33.3 Å². The standard InChI is InChI=1S/C25H31N7O2/c1-4-32(25(33)28-21-9-6-12-30(16-21)13-10-26)18(2)19-7-5-8-20(15-19)22-17-31-14-11-27-23(31)24(29-22)34-3/h5,7-8,11,14-15,17-18,21H,4,6,9,12-13,16H2,1-3H3,(H,28,33)/t18?,21-/m1/s1. The molecular weight excluding hydrogens is 430 g/mol. The van der Waals surface area contributed by atoms with Crippen molar-refractivity contribution < 1.29 is 9.53 Å². The Kier molecular flexibility index (Phi) is 7.28. The normalized spacial score (nSPS) is 17.2. The average Bonchev–Trinajstić information content (AvgIpc) is 3.33. The number of ether oxygens (including phenoxy) is 1. The first kappa shape index (κ1) is 23.5. The van der Waals surface area contributed by atoms with Crippen molar-refractivity contribution in [2.24, 2.45) is 0 Å². The van der Waals surface area contributed by atoms with E-state index in [0.717, 1.165) is 36.2 Å². The van der Waals surface area contributed by atoms with E-state index in [0.29, 0.717) is 31.2 Å². The number of imidazole rings is 1. The van der Waals surface area contributed by atoms with Crippen LogP contribution in [0.3, 0.4) is 0 Å². The molecule has 0 spiro atoms. The van der Waals surface area contributed by atoms with E-state index in [1.165, 1.54) is 0 Å². The number of benzene rings is 1. The Bertz CT molecular complexity index is 1190. The molecule has 178 valence electrons. The number of carbonyl (C=O) groups excluding carboxylic acids is 1. The first-order valence-electron chi connectivity index (χ1n) is 11.7. The van der Waals surface area contributed by atoms with Gasteiger partial charge in [-0.05, 0) is 44.9 Å². The molecule has 9 heteroatoms. The summed E-state index contributed by atoms with van der Waals surface area (Å²) in [4.78, 5) is 26.0. The summed E-state index contributed by atoms with van der Waals surface area (Å²) in [7, 11) is 1.59. The predicted octanol–water partition coefficient (Wildman–Crippen LogP) is 3.49. The van der Waals surface area contributed by atoms with Gasteiger partial charge in [0.1, 0.15) is 0 Å². The SMILES string of the molecule is CCN(C(=O)N[C@@H]1CCCN(CC#N)C1)C(C)c1cccc(-c2cn3ccnc3c(OC)n2)c1. The molecular formula is C25H31N7O2. The van der Waals surface area contributed by atoms with Crippen molar-refractivity contribution in [2.45, 2.75) is 38.8 Å². The van der Waals surface area contributed by atoms with Crippen molar-refractivity contribution >= 4 is 11.7 Å². The van der Waals surface area contributed by atoms with Gasteiger partial charge in [0.25, 0.3) is 5.88 Å². The third kappa shape index (κ3) is 4.97. The van der Waals surface area contributed by atoms with E-state index in [1.807, 2.05) is 53.7 Å². The fraction of sp³-hybridized carbons (Fsp3) is 0.440. The number of hydrogen-bond donors (Lipinski definition) is 1. The van der Waals surface area contributed by atoms with Crippen LogP contribution in [0.15, 0.2) is 42.9 Å². The first-order valence-corrected chi connectivity index (χ1v) is 11.7. The molecule has 1 fully saturated rings. The van der Waals surface area contributed by atoms with E-state index in [9.17, 15) is 4.79 Å². The maximum atomic E-state index is 13.2. The summed E-state index contributed by atoms with van der Waals surface area (Å²) >= 11 is 0. The minimum Gasteiger partial charge on any atom is -0.478 e. The Balaban J connectivity index is 1.52. The Hall–Kier alpha value is -3.64. The lowest BCUT2D eigenvalue weighted by molar-refractivity contribution is 0.163. The van der Waals surface area contributed by atoms with Gasteiger partial charge in [-0.1, -0.05) is 18.2 Å². The predicted molar refractivity (Wildman–Crippen MR) is 129 cm³/mol. The van der Waals surface area contributed by atoms with Crippen molar-refractivity contribution in [1.29, 1.82) is 5.26 Å². The second kappa shape index (κ2) is 10.5. The van der Waals surface area contributed by atoms with Crippen LogP contribution in [-0.4, -0.2) is 69.5 Å². The van der Waals surface area contributed by atoms with Gasteiger partial charge in [0.2, 0.25) is 0 Å². The highest BCUT2D eigenvalue weighted by Gasteiger charge is 2.26. The number of carbonyl (C=O) groups is 1. The fourth-order valence-electron chi connectivity index (χ4n) is 4.58. The highest BCUT2D eigenvalue weighted by molar-refractivity contribution is 5.75. The lowest BCUT2D eigenvalue weighted by atomic mass is 10.0. The van der Waals surface area contributed by atoms with Crippen LogP contribution in [0, 0.1) is 11.3 Å². The zero-order chi connectivity index (χ0) is 24.1. The molecule has 9 nitrogen and oxygen atoms in total. The summed E-state index contributed by atoms with van der Waals surface area (Å²) in [6.45, 7) is 6.63. The van der Waals surface area contributed by atoms with E-state index < -0.39 is 0 Å². The van der Waals surface area contributed by atoms with Crippen molar-refractivity contribution in [3.05, 3.63) is 48.4 Å². The topological polar surface area (TPSA) is 98.8 Å². The number of nitriles is 1. The number of methoxy groups -OCH3 is 1. The summed E-state index contributed by atoms with van der Waals surface area (Å²) in [5.74, 6) is 0.466. The number of urea groups is 1. The number of nitrogens with zero attached hydrogens (tertiary/aromatic N) is 6. The van der Waals surface area contributed by atoms with Crippen LogP contribution in [0.4, 0.5) is 4.79 Å². The second-order valence-corrected chi connectivity index (χ2v) is 8.56. The van der Waals surface area contributed by atoms with Crippen LogP contribution in [-0.2, 0) is 0 Å².